The molecule has 0 fully saturated rings. The molecule has 0 spiro atoms. The van der Waals surface area contributed by atoms with E-state index in [2.05, 4.69) is 40.7 Å². The lowest BCUT2D eigenvalue weighted by atomic mass is 10.0. The molecule has 4 rings (SSSR count). The summed E-state index contributed by atoms with van der Waals surface area (Å²) in [6.07, 6.45) is 1.86. The lowest BCUT2D eigenvalue weighted by Crippen LogP contribution is -2.16. The summed E-state index contributed by atoms with van der Waals surface area (Å²) in [6.45, 7) is 2.99. The molecule has 3 aromatic carbocycles. The van der Waals surface area contributed by atoms with Gasteiger partial charge in [-0.3, -0.25) is 4.79 Å². The van der Waals surface area contributed by atoms with Gasteiger partial charge in [0, 0.05) is 12.1 Å². The minimum absolute atomic E-state index is 0.192. The molecule has 4 heteroatoms. The van der Waals surface area contributed by atoms with Crippen molar-refractivity contribution in [3.8, 4) is 0 Å². The Kier molecular flexibility index (Phi) is 5.49. The molecule has 140 valence electrons. The second-order valence-corrected chi connectivity index (χ2v) is 7.79. The van der Waals surface area contributed by atoms with E-state index >= 15 is 0 Å². The molecule has 0 saturated carbocycles. The summed E-state index contributed by atoms with van der Waals surface area (Å²) >= 11 is 1.57. The third-order valence-electron chi connectivity index (χ3n) is 4.68. The minimum Gasteiger partial charge on any atom is -0.316 e. The number of benzene rings is 3. The van der Waals surface area contributed by atoms with Crippen LogP contribution < -0.4 is 4.80 Å². The number of hydrogen-bond acceptors (Lipinski definition) is 2. The number of carbonyl (C=O) groups is 1. The van der Waals surface area contributed by atoms with Gasteiger partial charge in [0.25, 0.3) is 5.91 Å². The Hall–Kier alpha value is -2.98. The number of nitrogens with zero attached hydrogens (tertiary/aromatic N) is 2. The van der Waals surface area contributed by atoms with Crippen LogP contribution in [0.15, 0.2) is 83.9 Å². The van der Waals surface area contributed by atoms with Crippen LogP contribution in [0.2, 0.25) is 0 Å². The number of para-hydroxylation sites is 1. The van der Waals surface area contributed by atoms with Crippen LogP contribution in [0.4, 0.5) is 0 Å². The van der Waals surface area contributed by atoms with Crippen LogP contribution in [-0.2, 0) is 13.0 Å². The van der Waals surface area contributed by atoms with Crippen LogP contribution in [0.3, 0.4) is 0 Å². The smallest absolute Gasteiger partial charge is 0.279 e. The average molecular weight is 387 g/mol. The van der Waals surface area contributed by atoms with Crippen molar-refractivity contribution in [3.63, 3.8) is 0 Å². The van der Waals surface area contributed by atoms with E-state index in [1.807, 2.05) is 54.6 Å². The maximum Gasteiger partial charge on any atom is 0.279 e. The topological polar surface area (TPSA) is 34.4 Å². The summed E-state index contributed by atoms with van der Waals surface area (Å²) in [4.78, 5) is 18.0. The van der Waals surface area contributed by atoms with Crippen molar-refractivity contribution in [2.75, 3.05) is 0 Å². The Morgan fingerprint density at radius 2 is 1.57 bits per heavy atom. The molecule has 1 amide bonds. The van der Waals surface area contributed by atoms with Gasteiger partial charge in [0.1, 0.15) is 0 Å². The van der Waals surface area contributed by atoms with Crippen LogP contribution in [0.1, 0.15) is 34.8 Å². The molecule has 1 heterocycles. The standard InChI is InChI=1S/C24H22N2OS/c1-2-16-26-21-10-6-7-11-22(21)28-24(26)25-23(27)20-14-12-19(13-15-20)17-18-8-4-3-5-9-18/h3-15H,2,16-17H2,1H3. The van der Waals surface area contributed by atoms with Crippen molar-refractivity contribution in [2.24, 2.45) is 4.99 Å². The maximum atomic E-state index is 12.7. The van der Waals surface area contributed by atoms with Crippen molar-refractivity contribution in [3.05, 3.63) is 100 Å². The fourth-order valence-electron chi connectivity index (χ4n) is 3.29. The SMILES string of the molecule is CCCn1c(=NC(=O)c2ccc(Cc3ccccc3)cc2)sc2ccccc21. The van der Waals surface area contributed by atoms with Gasteiger partial charge in [0.2, 0.25) is 0 Å². The Labute approximate surface area is 168 Å². The number of carbonyl (C=O) groups excluding carboxylic acids is 1. The molecule has 0 saturated heterocycles. The molecule has 28 heavy (non-hydrogen) atoms. The summed E-state index contributed by atoms with van der Waals surface area (Å²) < 4.78 is 3.29. The van der Waals surface area contributed by atoms with E-state index in [1.165, 1.54) is 11.1 Å². The second kappa shape index (κ2) is 8.36. The van der Waals surface area contributed by atoms with Crippen molar-refractivity contribution in [1.82, 2.24) is 4.57 Å². The minimum atomic E-state index is -0.192. The highest BCUT2D eigenvalue weighted by Gasteiger charge is 2.09. The van der Waals surface area contributed by atoms with Gasteiger partial charge >= 0.3 is 0 Å². The second-order valence-electron chi connectivity index (χ2n) is 6.78. The Bertz CT molecular complexity index is 1150. The lowest BCUT2D eigenvalue weighted by Gasteiger charge is -2.03. The highest BCUT2D eigenvalue weighted by Crippen LogP contribution is 2.17. The first-order chi connectivity index (χ1) is 13.7. The zero-order valence-corrected chi connectivity index (χ0v) is 16.7. The maximum absolute atomic E-state index is 12.7. The molecular formula is C24H22N2OS. The molecule has 4 aromatic rings. The average Bonchev–Trinajstić information content (AvgIpc) is 3.07. The first-order valence-corrected chi connectivity index (χ1v) is 10.4. The largest absolute Gasteiger partial charge is 0.316 e. The molecule has 0 atom stereocenters. The predicted octanol–water partition coefficient (Wildman–Crippen LogP) is 5.44. The Morgan fingerprint density at radius 1 is 0.893 bits per heavy atom. The summed E-state index contributed by atoms with van der Waals surface area (Å²) in [7, 11) is 0. The summed E-state index contributed by atoms with van der Waals surface area (Å²) in [6, 6.07) is 26.3. The molecule has 0 unspecified atom stereocenters. The summed E-state index contributed by atoms with van der Waals surface area (Å²) in [5, 5.41) is 0. The molecule has 0 aliphatic heterocycles. The van der Waals surface area contributed by atoms with E-state index in [0.29, 0.717) is 5.56 Å². The van der Waals surface area contributed by atoms with E-state index in [0.717, 1.165) is 34.4 Å². The quantitative estimate of drug-likeness (QED) is 0.449. The van der Waals surface area contributed by atoms with Crippen LogP contribution in [0.25, 0.3) is 10.2 Å². The van der Waals surface area contributed by atoms with E-state index in [9.17, 15) is 4.79 Å². The van der Waals surface area contributed by atoms with Crippen LogP contribution in [0.5, 0.6) is 0 Å². The predicted molar refractivity (Wildman–Crippen MR) is 116 cm³/mol. The molecule has 0 radical (unpaired) electrons. The number of hydrogen-bond donors (Lipinski definition) is 0. The third-order valence-corrected chi connectivity index (χ3v) is 5.74. The highest BCUT2D eigenvalue weighted by molar-refractivity contribution is 7.16. The van der Waals surface area contributed by atoms with Gasteiger partial charge in [-0.1, -0.05) is 72.9 Å². The highest BCUT2D eigenvalue weighted by atomic mass is 32.1. The van der Waals surface area contributed by atoms with Gasteiger partial charge < -0.3 is 4.57 Å². The number of aromatic nitrogens is 1. The van der Waals surface area contributed by atoms with Crippen molar-refractivity contribution < 1.29 is 4.79 Å². The van der Waals surface area contributed by atoms with E-state index in [4.69, 9.17) is 0 Å². The fourth-order valence-corrected chi connectivity index (χ4v) is 4.35. The van der Waals surface area contributed by atoms with Crippen molar-refractivity contribution >= 4 is 27.5 Å². The van der Waals surface area contributed by atoms with Gasteiger partial charge in [-0.25, -0.2) is 0 Å². The number of aryl methyl sites for hydroxylation is 1. The third kappa shape index (κ3) is 3.97. The van der Waals surface area contributed by atoms with Gasteiger partial charge in [0.05, 0.1) is 10.2 Å². The van der Waals surface area contributed by atoms with Crippen LogP contribution in [0, 0.1) is 0 Å². The molecule has 1 aromatic heterocycles. The Balaban J connectivity index is 1.61. The normalized spacial score (nSPS) is 11.8. The van der Waals surface area contributed by atoms with Gasteiger partial charge in [-0.2, -0.15) is 4.99 Å². The number of rotatable bonds is 5. The molecule has 0 bridgehead atoms. The van der Waals surface area contributed by atoms with Crippen LogP contribution >= 0.6 is 11.3 Å². The Morgan fingerprint density at radius 3 is 2.32 bits per heavy atom. The first kappa shape index (κ1) is 18.4. The van der Waals surface area contributed by atoms with E-state index in [-0.39, 0.29) is 5.91 Å². The molecular weight excluding hydrogens is 364 g/mol. The summed E-state index contributed by atoms with van der Waals surface area (Å²) in [5.41, 5.74) is 4.21. The summed E-state index contributed by atoms with van der Waals surface area (Å²) in [5.74, 6) is -0.192. The van der Waals surface area contributed by atoms with Gasteiger partial charge in [-0.15, -0.1) is 0 Å². The number of fused-ring (bicyclic) bond motifs is 1. The number of thiazole rings is 1. The lowest BCUT2D eigenvalue weighted by molar-refractivity contribution is 0.0998. The molecule has 0 aliphatic rings. The monoisotopic (exact) mass is 386 g/mol. The van der Waals surface area contributed by atoms with E-state index < -0.39 is 0 Å². The zero-order chi connectivity index (χ0) is 19.3. The molecule has 0 N–H and O–H groups in total. The van der Waals surface area contributed by atoms with Gasteiger partial charge in [-0.05, 0) is 48.2 Å². The zero-order valence-electron chi connectivity index (χ0n) is 15.8. The first-order valence-electron chi connectivity index (χ1n) is 9.55. The van der Waals surface area contributed by atoms with Gasteiger partial charge in [0.15, 0.2) is 4.80 Å². The molecule has 3 nitrogen and oxygen atoms in total. The van der Waals surface area contributed by atoms with Crippen LogP contribution in [-0.4, -0.2) is 10.5 Å². The van der Waals surface area contributed by atoms with E-state index in [1.54, 1.807) is 11.3 Å². The van der Waals surface area contributed by atoms with Crippen molar-refractivity contribution in [2.45, 2.75) is 26.3 Å². The fraction of sp³-hybridized carbons (Fsp3) is 0.167. The molecule has 0 aliphatic carbocycles. The van der Waals surface area contributed by atoms with Crippen molar-refractivity contribution in [1.29, 1.82) is 0 Å². The number of amides is 1.